The quantitative estimate of drug-likeness (QED) is 0.542. The lowest BCUT2D eigenvalue weighted by Crippen LogP contribution is -2.48. The number of benzene rings is 2. The van der Waals surface area contributed by atoms with E-state index >= 15 is 0 Å². The Morgan fingerprint density at radius 3 is 2.41 bits per heavy atom. The number of nitrogens with zero attached hydrogens (tertiary/aromatic N) is 2. The second-order valence-corrected chi connectivity index (χ2v) is 7.74. The summed E-state index contributed by atoms with van der Waals surface area (Å²) in [6, 6.07) is 12.6. The number of nitrogens with one attached hydrogen (secondary N) is 2. The maximum Gasteiger partial charge on any atom is 0.255 e. The Morgan fingerprint density at radius 2 is 1.75 bits per heavy atom. The SMILES string of the molecule is COc1cccc(Oc2ccc(CNC(=O)C3(NC(=O)c4cncnc4)CC3)cc2)c1Cl. The highest BCUT2D eigenvalue weighted by Gasteiger charge is 2.51. The van der Waals surface area contributed by atoms with Crippen molar-refractivity contribution in [3.63, 3.8) is 0 Å². The van der Waals surface area contributed by atoms with Crippen molar-refractivity contribution in [2.45, 2.75) is 24.9 Å². The average Bonchev–Trinajstić information content (AvgIpc) is 3.61. The summed E-state index contributed by atoms with van der Waals surface area (Å²) in [6.07, 6.45) is 5.36. The molecule has 3 aromatic rings. The first-order valence-electron chi connectivity index (χ1n) is 9.96. The Hall–Kier alpha value is -3.65. The van der Waals surface area contributed by atoms with Gasteiger partial charge in [-0.2, -0.15) is 0 Å². The summed E-state index contributed by atoms with van der Waals surface area (Å²) in [5.41, 5.74) is 0.332. The van der Waals surface area contributed by atoms with Crippen LogP contribution >= 0.6 is 11.6 Å². The van der Waals surface area contributed by atoms with Gasteiger partial charge in [0.15, 0.2) is 0 Å². The smallest absolute Gasteiger partial charge is 0.255 e. The summed E-state index contributed by atoms with van der Waals surface area (Å²) in [4.78, 5) is 32.6. The number of hydrogen-bond acceptors (Lipinski definition) is 6. The zero-order chi connectivity index (χ0) is 22.6. The van der Waals surface area contributed by atoms with Gasteiger partial charge >= 0.3 is 0 Å². The van der Waals surface area contributed by atoms with Crippen molar-refractivity contribution in [3.8, 4) is 17.2 Å². The van der Waals surface area contributed by atoms with E-state index in [4.69, 9.17) is 21.1 Å². The number of carbonyl (C=O) groups excluding carboxylic acids is 2. The molecule has 0 unspecified atom stereocenters. The van der Waals surface area contributed by atoms with Crippen LogP contribution in [0.5, 0.6) is 17.2 Å². The molecule has 2 aromatic carbocycles. The van der Waals surface area contributed by atoms with Gasteiger partial charge in [0, 0.05) is 18.9 Å². The number of amides is 2. The van der Waals surface area contributed by atoms with Crippen molar-refractivity contribution in [2.24, 2.45) is 0 Å². The highest BCUT2D eigenvalue weighted by atomic mass is 35.5. The number of halogens is 1. The molecule has 1 fully saturated rings. The molecule has 4 rings (SSSR count). The van der Waals surface area contributed by atoms with E-state index in [0.717, 1.165) is 5.56 Å². The highest BCUT2D eigenvalue weighted by Crippen LogP contribution is 2.37. The molecule has 8 nitrogen and oxygen atoms in total. The lowest BCUT2D eigenvalue weighted by Gasteiger charge is -2.17. The number of rotatable bonds is 8. The highest BCUT2D eigenvalue weighted by molar-refractivity contribution is 6.33. The summed E-state index contributed by atoms with van der Waals surface area (Å²) < 4.78 is 11.0. The molecule has 1 aliphatic carbocycles. The van der Waals surface area contributed by atoms with E-state index in [2.05, 4.69) is 20.6 Å². The molecule has 0 saturated heterocycles. The molecule has 1 aromatic heterocycles. The van der Waals surface area contributed by atoms with Crippen LogP contribution in [-0.4, -0.2) is 34.4 Å². The summed E-state index contributed by atoms with van der Waals surface area (Å²) in [7, 11) is 1.54. The van der Waals surface area contributed by atoms with E-state index in [9.17, 15) is 9.59 Å². The van der Waals surface area contributed by atoms with Crippen LogP contribution < -0.4 is 20.1 Å². The van der Waals surface area contributed by atoms with Crippen molar-refractivity contribution in [2.75, 3.05) is 7.11 Å². The fourth-order valence-electron chi connectivity index (χ4n) is 3.12. The maximum absolute atomic E-state index is 12.7. The second kappa shape index (κ2) is 9.23. The molecule has 9 heteroatoms. The molecule has 2 N–H and O–H groups in total. The minimum absolute atomic E-state index is 0.216. The molecule has 0 radical (unpaired) electrons. The summed E-state index contributed by atoms with van der Waals surface area (Å²) in [5.74, 6) is 1.04. The predicted molar refractivity (Wildman–Crippen MR) is 118 cm³/mol. The normalized spacial score (nSPS) is 13.7. The van der Waals surface area contributed by atoms with Crippen molar-refractivity contribution >= 4 is 23.4 Å². The first-order chi connectivity index (χ1) is 15.5. The van der Waals surface area contributed by atoms with Crippen LogP contribution in [0.4, 0.5) is 0 Å². The Morgan fingerprint density at radius 1 is 1.06 bits per heavy atom. The fraction of sp³-hybridized carbons (Fsp3) is 0.217. The Kier molecular flexibility index (Phi) is 6.23. The van der Waals surface area contributed by atoms with Gasteiger partial charge in [-0.25, -0.2) is 9.97 Å². The minimum atomic E-state index is -0.876. The standard InChI is InChI=1S/C23H21ClN4O4/c1-31-18-3-2-4-19(20(18)24)32-17-7-5-15(6-8-17)11-27-22(30)23(9-10-23)28-21(29)16-12-25-14-26-13-16/h2-8,12-14H,9-11H2,1H3,(H,27,30)(H,28,29). The van der Waals surface area contributed by atoms with E-state index in [1.165, 1.54) is 18.7 Å². The van der Waals surface area contributed by atoms with Gasteiger partial charge in [-0.1, -0.05) is 29.8 Å². The first-order valence-corrected chi connectivity index (χ1v) is 10.3. The molecule has 1 aliphatic rings. The van der Waals surface area contributed by atoms with E-state index in [1.807, 2.05) is 12.1 Å². The molecule has 0 aliphatic heterocycles. The summed E-state index contributed by atoms with van der Waals surface area (Å²) in [6.45, 7) is 0.325. The third-order valence-electron chi connectivity index (χ3n) is 5.11. The van der Waals surface area contributed by atoms with Crippen molar-refractivity contribution in [1.29, 1.82) is 0 Å². The Labute approximate surface area is 189 Å². The van der Waals surface area contributed by atoms with Crippen LogP contribution in [0.15, 0.2) is 61.2 Å². The van der Waals surface area contributed by atoms with Crippen LogP contribution in [0.25, 0.3) is 0 Å². The van der Waals surface area contributed by atoms with Gasteiger partial charge in [0.05, 0.1) is 12.7 Å². The van der Waals surface area contributed by atoms with E-state index < -0.39 is 5.54 Å². The lowest BCUT2D eigenvalue weighted by atomic mass is 10.2. The molecule has 0 spiro atoms. The molecule has 2 amide bonds. The number of carbonyl (C=O) groups is 2. The van der Waals surface area contributed by atoms with Crippen LogP contribution in [0.2, 0.25) is 5.02 Å². The Bertz CT molecular complexity index is 1120. The summed E-state index contributed by atoms with van der Waals surface area (Å²) >= 11 is 6.26. The van der Waals surface area contributed by atoms with Gasteiger partial charge in [0.25, 0.3) is 5.91 Å². The van der Waals surface area contributed by atoms with Crippen LogP contribution in [0, 0.1) is 0 Å². The Balaban J connectivity index is 1.32. The van der Waals surface area contributed by atoms with E-state index in [1.54, 1.807) is 37.4 Å². The maximum atomic E-state index is 12.7. The lowest BCUT2D eigenvalue weighted by molar-refractivity contribution is -0.124. The van der Waals surface area contributed by atoms with E-state index in [0.29, 0.717) is 47.2 Å². The monoisotopic (exact) mass is 452 g/mol. The first kappa shape index (κ1) is 21.6. The predicted octanol–water partition coefficient (Wildman–Crippen LogP) is 3.51. The topological polar surface area (TPSA) is 102 Å². The van der Waals surface area contributed by atoms with Crippen molar-refractivity contribution in [3.05, 3.63) is 77.3 Å². The zero-order valence-corrected chi connectivity index (χ0v) is 18.1. The van der Waals surface area contributed by atoms with Gasteiger partial charge in [-0.05, 0) is 42.7 Å². The van der Waals surface area contributed by atoms with Gasteiger partial charge in [0.2, 0.25) is 5.91 Å². The third-order valence-corrected chi connectivity index (χ3v) is 5.48. The molecule has 1 heterocycles. The number of ether oxygens (including phenoxy) is 2. The number of hydrogen-bond donors (Lipinski definition) is 2. The van der Waals surface area contributed by atoms with E-state index in [-0.39, 0.29) is 11.8 Å². The van der Waals surface area contributed by atoms with Gasteiger partial charge in [-0.15, -0.1) is 0 Å². The molecule has 0 bridgehead atoms. The molecule has 1 saturated carbocycles. The van der Waals surface area contributed by atoms with Crippen molar-refractivity contribution in [1.82, 2.24) is 20.6 Å². The number of methoxy groups -OCH3 is 1. The minimum Gasteiger partial charge on any atom is -0.495 e. The van der Waals surface area contributed by atoms with Crippen LogP contribution in [0.3, 0.4) is 0 Å². The largest absolute Gasteiger partial charge is 0.495 e. The molecule has 0 atom stereocenters. The molecule has 32 heavy (non-hydrogen) atoms. The average molecular weight is 453 g/mol. The molecular weight excluding hydrogens is 432 g/mol. The molecular formula is C23H21ClN4O4. The fourth-order valence-corrected chi connectivity index (χ4v) is 3.36. The third kappa shape index (κ3) is 4.81. The second-order valence-electron chi connectivity index (χ2n) is 7.36. The molecule has 164 valence electrons. The van der Waals surface area contributed by atoms with Crippen LogP contribution in [-0.2, 0) is 11.3 Å². The van der Waals surface area contributed by atoms with Gasteiger partial charge in [0.1, 0.15) is 34.1 Å². The van der Waals surface area contributed by atoms with Crippen molar-refractivity contribution < 1.29 is 19.1 Å². The van der Waals surface area contributed by atoms with Crippen LogP contribution in [0.1, 0.15) is 28.8 Å². The number of aromatic nitrogens is 2. The van der Waals surface area contributed by atoms with Gasteiger partial charge in [-0.3, -0.25) is 9.59 Å². The zero-order valence-electron chi connectivity index (χ0n) is 17.3. The van der Waals surface area contributed by atoms with Gasteiger partial charge < -0.3 is 20.1 Å². The summed E-state index contributed by atoms with van der Waals surface area (Å²) in [5, 5.41) is 6.08.